The number of phenolic OH excluding ortho intramolecular Hbond substituents is 1. The first-order valence-electron chi connectivity index (χ1n) is 12.1. The molecular formula is C27H35N2O4. The van der Waals surface area contributed by atoms with Gasteiger partial charge in [0.2, 0.25) is 0 Å². The molecule has 2 fully saturated rings. The van der Waals surface area contributed by atoms with Crippen molar-refractivity contribution < 1.29 is 19.7 Å². The quantitative estimate of drug-likeness (QED) is 0.574. The van der Waals surface area contributed by atoms with Crippen molar-refractivity contribution in [2.45, 2.75) is 51.5 Å². The van der Waals surface area contributed by atoms with E-state index >= 15 is 0 Å². The number of aromatic hydroxyl groups is 1. The number of likely N-dealkylation sites (tertiary alicyclic amines) is 2. The Balaban J connectivity index is 1.36. The van der Waals surface area contributed by atoms with Crippen molar-refractivity contribution in [1.29, 1.82) is 0 Å². The van der Waals surface area contributed by atoms with Gasteiger partial charge in [-0.1, -0.05) is 18.2 Å². The number of benzene rings is 2. The molecule has 2 saturated heterocycles. The second-order valence-corrected chi connectivity index (χ2v) is 9.32. The summed E-state index contributed by atoms with van der Waals surface area (Å²) in [6.45, 7) is 7.55. The van der Waals surface area contributed by atoms with E-state index in [1.54, 1.807) is 12.1 Å². The Bertz CT molecular complexity index is 955. The molecule has 6 nitrogen and oxygen atoms in total. The number of aryl methyl sites for hydroxylation is 1. The number of aliphatic carboxylic acids is 1. The Morgan fingerprint density at radius 1 is 1.15 bits per heavy atom. The van der Waals surface area contributed by atoms with Gasteiger partial charge in [-0.3, -0.25) is 14.6 Å². The maximum atomic E-state index is 11.4. The number of hydrogen-bond acceptors (Lipinski definition) is 5. The summed E-state index contributed by atoms with van der Waals surface area (Å²) in [5.41, 5.74) is 4.59. The summed E-state index contributed by atoms with van der Waals surface area (Å²) in [5.74, 6) is 0.163. The van der Waals surface area contributed by atoms with Crippen LogP contribution in [0.2, 0.25) is 0 Å². The third kappa shape index (κ3) is 6.27. The summed E-state index contributed by atoms with van der Waals surface area (Å²) in [4.78, 5) is 15.9. The van der Waals surface area contributed by atoms with Crippen LogP contribution in [0.25, 0.3) is 0 Å². The molecule has 2 N–H and O–H groups in total. The lowest BCUT2D eigenvalue weighted by Gasteiger charge is -2.21. The number of nitrogens with zero attached hydrogens (tertiary/aromatic N) is 2. The van der Waals surface area contributed by atoms with Crippen molar-refractivity contribution in [3.63, 3.8) is 0 Å². The largest absolute Gasteiger partial charge is 0.508 e. The zero-order valence-electron chi connectivity index (χ0n) is 19.6. The Morgan fingerprint density at radius 3 is 2.73 bits per heavy atom. The van der Waals surface area contributed by atoms with Crippen molar-refractivity contribution in [2.75, 3.05) is 39.3 Å². The van der Waals surface area contributed by atoms with Gasteiger partial charge in [0.1, 0.15) is 24.1 Å². The van der Waals surface area contributed by atoms with Gasteiger partial charge in [-0.2, -0.15) is 0 Å². The highest BCUT2D eigenvalue weighted by molar-refractivity contribution is 5.73. The number of carboxylic acid groups (broad SMARTS) is 1. The molecule has 2 aromatic carbocycles. The molecule has 0 amide bonds. The van der Waals surface area contributed by atoms with E-state index in [1.807, 2.05) is 0 Å². The van der Waals surface area contributed by atoms with Crippen LogP contribution < -0.4 is 4.74 Å². The van der Waals surface area contributed by atoms with Gasteiger partial charge < -0.3 is 14.9 Å². The van der Waals surface area contributed by atoms with Crippen LogP contribution in [0.3, 0.4) is 0 Å². The fraction of sp³-hybridized carbons (Fsp3) is 0.519. The fourth-order valence-electron chi connectivity index (χ4n) is 5.04. The van der Waals surface area contributed by atoms with Gasteiger partial charge in [-0.05, 0) is 87.5 Å². The first-order chi connectivity index (χ1) is 16.0. The van der Waals surface area contributed by atoms with Gasteiger partial charge in [0, 0.05) is 31.1 Å². The van der Waals surface area contributed by atoms with Gasteiger partial charge in [0.25, 0.3) is 0 Å². The molecule has 177 valence electrons. The molecule has 33 heavy (non-hydrogen) atoms. The number of rotatable bonds is 10. The van der Waals surface area contributed by atoms with Crippen molar-refractivity contribution in [3.05, 3.63) is 58.7 Å². The van der Waals surface area contributed by atoms with E-state index in [1.165, 1.54) is 29.5 Å². The highest BCUT2D eigenvalue weighted by Crippen LogP contribution is 2.27. The Hall–Kier alpha value is -2.57. The predicted molar refractivity (Wildman–Crippen MR) is 128 cm³/mol. The molecule has 0 aromatic heterocycles. The maximum Gasteiger partial charge on any atom is 0.320 e. The van der Waals surface area contributed by atoms with E-state index in [4.69, 9.17) is 4.74 Å². The summed E-state index contributed by atoms with van der Waals surface area (Å²) in [5, 5.41) is 19.3. The summed E-state index contributed by atoms with van der Waals surface area (Å²) < 4.78 is 6.04. The van der Waals surface area contributed by atoms with E-state index in [-0.39, 0.29) is 11.8 Å². The lowest BCUT2D eigenvalue weighted by Crippen LogP contribution is -2.37. The molecule has 2 aliphatic heterocycles. The van der Waals surface area contributed by atoms with Crippen LogP contribution >= 0.6 is 0 Å². The SMILES string of the molecule is Cc1cc(Cc2[c]cc(O)cc2OCCN2CCCC2)ccc1CCN1CCC[C@H]1C(=O)O. The normalized spacial score (nSPS) is 19.2. The average Bonchev–Trinajstić information content (AvgIpc) is 3.47. The zero-order valence-corrected chi connectivity index (χ0v) is 19.6. The smallest absolute Gasteiger partial charge is 0.320 e. The summed E-state index contributed by atoms with van der Waals surface area (Å²) in [6.07, 6.45) is 5.77. The van der Waals surface area contributed by atoms with Gasteiger partial charge in [0.05, 0.1) is 0 Å². The van der Waals surface area contributed by atoms with E-state index < -0.39 is 5.97 Å². The van der Waals surface area contributed by atoms with Crippen LogP contribution in [-0.2, 0) is 17.6 Å². The maximum absolute atomic E-state index is 11.4. The number of carboxylic acids is 1. The molecule has 0 unspecified atom stereocenters. The second kappa shape index (κ2) is 11.0. The number of ether oxygens (including phenoxy) is 1. The monoisotopic (exact) mass is 451 g/mol. The third-order valence-electron chi connectivity index (χ3n) is 6.94. The standard InChI is InChI=1S/C27H35N2O4/c1-20-17-21(6-7-22(20)10-14-29-13-4-5-25(29)27(31)32)18-23-8-9-24(30)19-26(23)33-16-15-28-11-2-3-12-28/h6-7,9,17,19,25,30H,2-5,10-16,18H2,1H3,(H,31,32)/t25-/m0/s1. The summed E-state index contributed by atoms with van der Waals surface area (Å²) >= 11 is 0. The Morgan fingerprint density at radius 2 is 1.97 bits per heavy atom. The second-order valence-electron chi connectivity index (χ2n) is 9.32. The van der Waals surface area contributed by atoms with Crippen molar-refractivity contribution in [1.82, 2.24) is 9.80 Å². The van der Waals surface area contributed by atoms with E-state index in [2.05, 4.69) is 41.0 Å². The molecule has 0 saturated carbocycles. The Kier molecular flexibility index (Phi) is 7.89. The number of phenols is 1. The zero-order chi connectivity index (χ0) is 23.2. The molecule has 4 rings (SSSR count). The van der Waals surface area contributed by atoms with Gasteiger partial charge in [-0.25, -0.2) is 0 Å². The molecule has 2 aliphatic rings. The highest BCUT2D eigenvalue weighted by Gasteiger charge is 2.29. The van der Waals surface area contributed by atoms with Crippen molar-refractivity contribution in [2.24, 2.45) is 0 Å². The number of carbonyl (C=O) groups is 1. The van der Waals surface area contributed by atoms with Gasteiger partial charge in [0.15, 0.2) is 0 Å². The minimum absolute atomic E-state index is 0.169. The molecule has 1 radical (unpaired) electrons. The first-order valence-corrected chi connectivity index (χ1v) is 12.1. The van der Waals surface area contributed by atoms with Crippen LogP contribution in [0.1, 0.15) is 47.9 Å². The molecule has 0 bridgehead atoms. The number of hydrogen-bond donors (Lipinski definition) is 2. The molecule has 2 aromatic rings. The first kappa shape index (κ1) is 23.6. The Labute approximate surface area is 196 Å². The molecular weight excluding hydrogens is 416 g/mol. The molecule has 0 aliphatic carbocycles. The van der Waals surface area contributed by atoms with Crippen LogP contribution in [0, 0.1) is 13.0 Å². The minimum Gasteiger partial charge on any atom is -0.508 e. The minimum atomic E-state index is -0.705. The van der Waals surface area contributed by atoms with Crippen molar-refractivity contribution >= 4 is 5.97 Å². The van der Waals surface area contributed by atoms with Crippen LogP contribution in [0.4, 0.5) is 0 Å². The third-order valence-corrected chi connectivity index (χ3v) is 6.94. The van der Waals surface area contributed by atoms with Gasteiger partial charge >= 0.3 is 5.97 Å². The highest BCUT2D eigenvalue weighted by atomic mass is 16.5. The lowest BCUT2D eigenvalue weighted by atomic mass is 9.97. The molecule has 1 atom stereocenters. The lowest BCUT2D eigenvalue weighted by molar-refractivity contribution is -0.142. The predicted octanol–water partition coefficient (Wildman–Crippen LogP) is 3.66. The van der Waals surface area contributed by atoms with E-state index in [0.29, 0.717) is 18.8 Å². The average molecular weight is 452 g/mol. The molecule has 6 heteroatoms. The van der Waals surface area contributed by atoms with E-state index in [0.717, 1.165) is 57.5 Å². The van der Waals surface area contributed by atoms with Crippen LogP contribution in [0.15, 0.2) is 30.3 Å². The summed E-state index contributed by atoms with van der Waals surface area (Å²) in [6, 6.07) is 12.6. The van der Waals surface area contributed by atoms with Crippen LogP contribution in [-0.4, -0.2) is 71.4 Å². The van der Waals surface area contributed by atoms with Crippen molar-refractivity contribution in [3.8, 4) is 11.5 Å². The van der Waals surface area contributed by atoms with E-state index in [9.17, 15) is 15.0 Å². The molecule has 2 heterocycles. The van der Waals surface area contributed by atoms with Gasteiger partial charge in [-0.15, -0.1) is 0 Å². The van der Waals surface area contributed by atoms with Crippen LogP contribution in [0.5, 0.6) is 11.5 Å². The topological polar surface area (TPSA) is 73.2 Å². The molecule has 0 spiro atoms. The fourth-order valence-corrected chi connectivity index (χ4v) is 5.04. The summed E-state index contributed by atoms with van der Waals surface area (Å²) in [7, 11) is 0.